The number of hydrogen-bond acceptors (Lipinski definition) is 5. The second-order valence-corrected chi connectivity index (χ2v) is 7.44. The summed E-state index contributed by atoms with van der Waals surface area (Å²) in [6, 6.07) is 11.8. The molecule has 3 rings (SSSR count). The van der Waals surface area contributed by atoms with Crippen LogP contribution in [0, 0.1) is 11.3 Å². The lowest BCUT2D eigenvalue weighted by Crippen LogP contribution is -2.11. The first-order chi connectivity index (χ1) is 15.7. The Labute approximate surface area is 192 Å². The van der Waals surface area contributed by atoms with Crippen molar-refractivity contribution in [1.29, 1.82) is 5.26 Å². The van der Waals surface area contributed by atoms with Gasteiger partial charge in [-0.05, 0) is 47.9 Å². The molecule has 0 radical (unpaired) electrons. The van der Waals surface area contributed by atoms with Crippen LogP contribution >= 0.6 is 11.6 Å². The normalized spacial score (nSPS) is 11.5. The maximum atomic E-state index is 12.9. The monoisotopic (exact) mass is 474 g/mol. The molecule has 0 aliphatic heterocycles. The van der Waals surface area contributed by atoms with E-state index in [1.165, 1.54) is 12.1 Å². The van der Waals surface area contributed by atoms with E-state index in [-0.39, 0.29) is 24.5 Å². The number of nitriles is 1. The lowest BCUT2D eigenvalue weighted by Gasteiger charge is -2.07. The Hall–Kier alpha value is -3.64. The number of alkyl halides is 3. The third kappa shape index (κ3) is 6.43. The number of ether oxygens (including phenoxy) is 1. The highest BCUT2D eigenvalue weighted by molar-refractivity contribution is 6.31. The average Bonchev–Trinajstić information content (AvgIpc) is 3.19. The first-order valence-electron chi connectivity index (χ1n) is 9.86. The quantitative estimate of drug-likeness (QED) is 0.312. The summed E-state index contributed by atoms with van der Waals surface area (Å²) in [4.78, 5) is 12.7. The van der Waals surface area contributed by atoms with E-state index >= 15 is 0 Å². The number of carbonyl (C=O) groups is 1. The number of rotatable bonds is 7. The van der Waals surface area contributed by atoms with Crippen molar-refractivity contribution in [2.24, 2.45) is 0 Å². The summed E-state index contributed by atoms with van der Waals surface area (Å²) in [6.45, 7) is 1.61. The van der Waals surface area contributed by atoms with Gasteiger partial charge in [-0.25, -0.2) is 0 Å². The highest BCUT2D eigenvalue weighted by Crippen LogP contribution is 2.30. The van der Waals surface area contributed by atoms with Gasteiger partial charge in [-0.15, -0.1) is 15.0 Å². The number of hydrogen-bond donors (Lipinski definition) is 0. The standard InChI is InChI=1S/C23H18ClF3N4O2/c1-2-4-21(32)33-14-31-29-20(13-28)22(30-31)17-9-16(11-19(24)12-17)8-7-15-5-3-6-18(10-15)23(25,26)27/h3,5-12H,2,4,14H2,1H3/b8-7+. The van der Waals surface area contributed by atoms with Crippen molar-refractivity contribution in [2.45, 2.75) is 32.7 Å². The second kappa shape index (κ2) is 10.3. The minimum atomic E-state index is -4.43. The molecule has 3 aromatic rings. The number of esters is 1. The van der Waals surface area contributed by atoms with E-state index in [0.29, 0.717) is 28.1 Å². The van der Waals surface area contributed by atoms with Crippen LogP contribution in [0.4, 0.5) is 13.2 Å². The highest BCUT2D eigenvalue weighted by atomic mass is 35.5. The predicted octanol–water partition coefficient (Wildman–Crippen LogP) is 5.96. The summed E-state index contributed by atoms with van der Waals surface area (Å²) in [5.41, 5.74) is 0.934. The van der Waals surface area contributed by atoms with Gasteiger partial charge < -0.3 is 4.74 Å². The van der Waals surface area contributed by atoms with Gasteiger partial charge in [0.2, 0.25) is 6.73 Å². The van der Waals surface area contributed by atoms with Gasteiger partial charge in [0.25, 0.3) is 0 Å². The van der Waals surface area contributed by atoms with Crippen LogP contribution in [-0.2, 0) is 22.4 Å². The molecule has 170 valence electrons. The molecule has 10 heteroatoms. The molecular formula is C23H18ClF3N4O2. The molecule has 6 nitrogen and oxygen atoms in total. The number of aromatic nitrogens is 3. The summed E-state index contributed by atoms with van der Waals surface area (Å²) >= 11 is 6.22. The molecule has 1 aromatic heterocycles. The number of benzene rings is 2. The Kier molecular flexibility index (Phi) is 7.51. The van der Waals surface area contributed by atoms with Gasteiger partial charge in [0.05, 0.1) is 5.56 Å². The number of nitrogens with zero attached hydrogens (tertiary/aromatic N) is 4. The zero-order chi connectivity index (χ0) is 24.0. The van der Waals surface area contributed by atoms with E-state index in [1.807, 2.05) is 13.0 Å². The van der Waals surface area contributed by atoms with E-state index < -0.39 is 17.7 Å². The van der Waals surface area contributed by atoms with Gasteiger partial charge in [-0.2, -0.15) is 18.4 Å². The van der Waals surface area contributed by atoms with Gasteiger partial charge in [0.15, 0.2) is 5.69 Å². The Bertz CT molecular complexity index is 1230. The van der Waals surface area contributed by atoms with Crippen LogP contribution in [0.15, 0.2) is 42.5 Å². The lowest BCUT2D eigenvalue weighted by molar-refractivity contribution is -0.148. The van der Waals surface area contributed by atoms with Crippen molar-refractivity contribution in [1.82, 2.24) is 15.0 Å². The van der Waals surface area contributed by atoms with E-state index in [1.54, 1.807) is 30.3 Å². The molecule has 2 aromatic carbocycles. The van der Waals surface area contributed by atoms with Crippen LogP contribution in [0.5, 0.6) is 0 Å². The highest BCUT2D eigenvalue weighted by Gasteiger charge is 2.30. The molecule has 0 saturated heterocycles. The summed E-state index contributed by atoms with van der Waals surface area (Å²) in [5, 5.41) is 18.0. The lowest BCUT2D eigenvalue weighted by atomic mass is 10.0. The van der Waals surface area contributed by atoms with Crippen molar-refractivity contribution in [3.8, 4) is 17.3 Å². The largest absolute Gasteiger partial charge is 0.441 e. The Balaban J connectivity index is 1.87. The third-order valence-electron chi connectivity index (χ3n) is 4.43. The first kappa shape index (κ1) is 24.0. The second-order valence-electron chi connectivity index (χ2n) is 7.01. The zero-order valence-corrected chi connectivity index (χ0v) is 18.2. The molecule has 0 bridgehead atoms. The molecule has 1 heterocycles. The molecule has 33 heavy (non-hydrogen) atoms. The maximum Gasteiger partial charge on any atom is 0.416 e. The topological polar surface area (TPSA) is 80.8 Å². The van der Waals surface area contributed by atoms with Crippen LogP contribution in [0.1, 0.15) is 42.1 Å². The molecular weight excluding hydrogens is 457 g/mol. The van der Waals surface area contributed by atoms with E-state index in [0.717, 1.165) is 16.9 Å². The zero-order valence-electron chi connectivity index (χ0n) is 17.4. The fourth-order valence-electron chi connectivity index (χ4n) is 2.94. The van der Waals surface area contributed by atoms with Crippen LogP contribution < -0.4 is 0 Å². The van der Waals surface area contributed by atoms with Crippen molar-refractivity contribution in [3.63, 3.8) is 0 Å². The number of carbonyl (C=O) groups excluding carboxylic acids is 1. The van der Waals surface area contributed by atoms with Crippen LogP contribution in [0.2, 0.25) is 5.02 Å². The molecule has 0 atom stereocenters. The fourth-order valence-corrected chi connectivity index (χ4v) is 3.18. The SMILES string of the molecule is CCCC(=O)OCn1nc(C#N)c(-c2cc(Cl)cc(/C=C/c3cccc(C(F)(F)F)c3)c2)n1. The molecule has 0 aliphatic carbocycles. The summed E-state index contributed by atoms with van der Waals surface area (Å²) in [5.74, 6) is -0.403. The van der Waals surface area contributed by atoms with Gasteiger partial charge in [0, 0.05) is 17.0 Å². The smallest absolute Gasteiger partial charge is 0.416 e. The van der Waals surface area contributed by atoms with Crippen molar-refractivity contribution in [3.05, 3.63) is 69.9 Å². The predicted molar refractivity (Wildman–Crippen MR) is 117 cm³/mol. The van der Waals surface area contributed by atoms with Crippen LogP contribution in [-0.4, -0.2) is 21.0 Å². The summed E-state index contributed by atoms with van der Waals surface area (Å²) < 4.78 is 43.8. The molecule has 0 aliphatic rings. The van der Waals surface area contributed by atoms with Crippen molar-refractivity contribution < 1.29 is 22.7 Å². The minimum Gasteiger partial charge on any atom is -0.441 e. The van der Waals surface area contributed by atoms with Gasteiger partial charge >= 0.3 is 12.1 Å². The molecule has 0 saturated carbocycles. The van der Waals surface area contributed by atoms with Gasteiger partial charge in [0.1, 0.15) is 11.8 Å². The maximum absolute atomic E-state index is 12.9. The first-order valence-corrected chi connectivity index (χ1v) is 10.2. The van der Waals surface area contributed by atoms with Crippen LogP contribution in [0.25, 0.3) is 23.4 Å². The molecule has 0 N–H and O–H groups in total. The Morgan fingerprint density at radius 2 is 1.94 bits per heavy atom. The summed E-state index contributed by atoms with van der Waals surface area (Å²) in [6.07, 6.45) is -0.403. The average molecular weight is 475 g/mol. The molecule has 0 amide bonds. The van der Waals surface area contributed by atoms with Gasteiger partial charge in [-0.3, -0.25) is 4.79 Å². The Morgan fingerprint density at radius 3 is 2.64 bits per heavy atom. The van der Waals surface area contributed by atoms with E-state index in [2.05, 4.69) is 10.2 Å². The fraction of sp³-hybridized carbons (Fsp3) is 0.217. The van der Waals surface area contributed by atoms with E-state index in [9.17, 15) is 23.2 Å². The van der Waals surface area contributed by atoms with Crippen molar-refractivity contribution in [2.75, 3.05) is 0 Å². The molecule has 0 unspecified atom stereocenters. The third-order valence-corrected chi connectivity index (χ3v) is 4.65. The van der Waals surface area contributed by atoms with Crippen LogP contribution in [0.3, 0.4) is 0 Å². The van der Waals surface area contributed by atoms with Gasteiger partial charge in [-0.1, -0.05) is 42.8 Å². The minimum absolute atomic E-state index is 0.0108. The van der Waals surface area contributed by atoms with Crippen molar-refractivity contribution >= 4 is 29.7 Å². The number of halogens is 4. The summed E-state index contributed by atoms with van der Waals surface area (Å²) in [7, 11) is 0. The Morgan fingerprint density at radius 1 is 1.18 bits per heavy atom. The molecule has 0 spiro atoms. The molecule has 0 fully saturated rings. The van der Waals surface area contributed by atoms with E-state index in [4.69, 9.17) is 16.3 Å².